The van der Waals surface area contributed by atoms with Crippen LogP contribution in [0.1, 0.15) is 49.9 Å². The summed E-state index contributed by atoms with van der Waals surface area (Å²) in [5.74, 6) is 0.419. The van der Waals surface area contributed by atoms with Gasteiger partial charge in [-0.05, 0) is 44.9 Å². The Labute approximate surface area is 175 Å². The van der Waals surface area contributed by atoms with Crippen molar-refractivity contribution in [3.8, 4) is 0 Å². The Bertz CT molecular complexity index is 848. The van der Waals surface area contributed by atoms with Gasteiger partial charge in [0, 0.05) is 44.6 Å². The lowest BCUT2D eigenvalue weighted by Crippen LogP contribution is -2.68. The van der Waals surface area contributed by atoms with Gasteiger partial charge in [0.25, 0.3) is 0 Å². The normalized spacial score (nSPS) is 31.1. The molecule has 1 aromatic heterocycles. The number of nitrogens with zero attached hydrogens (tertiary/aromatic N) is 5. The lowest BCUT2D eigenvalue weighted by Gasteiger charge is -2.56. The van der Waals surface area contributed by atoms with Crippen molar-refractivity contribution in [1.82, 2.24) is 25.0 Å². The van der Waals surface area contributed by atoms with Gasteiger partial charge in [-0.3, -0.25) is 14.4 Å². The molecule has 4 fully saturated rings. The fourth-order valence-corrected chi connectivity index (χ4v) is 5.97. The van der Waals surface area contributed by atoms with Gasteiger partial charge in [0.15, 0.2) is 0 Å². The van der Waals surface area contributed by atoms with Crippen molar-refractivity contribution in [2.45, 2.75) is 64.0 Å². The first-order chi connectivity index (χ1) is 14.5. The molecule has 3 amide bonds. The fraction of sp³-hybridized carbons (Fsp3) is 0.762. The number of hydrogen-bond acceptors (Lipinski definition) is 6. The Morgan fingerprint density at radius 1 is 1.07 bits per heavy atom. The minimum Gasteiger partial charge on any atom is -0.342 e. The van der Waals surface area contributed by atoms with Gasteiger partial charge in [0.05, 0.1) is 6.42 Å². The highest BCUT2D eigenvalue weighted by atomic mass is 16.6. The second-order valence-corrected chi connectivity index (χ2v) is 9.27. The van der Waals surface area contributed by atoms with Gasteiger partial charge >= 0.3 is 0 Å². The van der Waals surface area contributed by atoms with Crippen LogP contribution in [0.5, 0.6) is 0 Å². The smallest absolute Gasteiger partial charge is 0.245 e. The van der Waals surface area contributed by atoms with E-state index >= 15 is 0 Å². The minimum absolute atomic E-state index is 0.00405. The van der Waals surface area contributed by atoms with Gasteiger partial charge in [0.1, 0.15) is 17.4 Å². The summed E-state index contributed by atoms with van der Waals surface area (Å²) >= 11 is 0. The topological polar surface area (TPSA) is 99.8 Å². The molecule has 4 aliphatic heterocycles. The summed E-state index contributed by atoms with van der Waals surface area (Å²) in [6.07, 6.45) is 5.43. The number of carbonyl (C=O) groups is 3. The van der Waals surface area contributed by atoms with Crippen molar-refractivity contribution < 1.29 is 19.0 Å². The molecule has 9 heteroatoms. The predicted molar refractivity (Wildman–Crippen MR) is 105 cm³/mol. The molecule has 162 valence electrons. The van der Waals surface area contributed by atoms with E-state index in [1.165, 1.54) is 0 Å². The van der Waals surface area contributed by atoms with E-state index < -0.39 is 6.04 Å². The average molecular weight is 415 g/mol. The van der Waals surface area contributed by atoms with Gasteiger partial charge in [-0.2, -0.15) is 0 Å². The summed E-state index contributed by atoms with van der Waals surface area (Å²) in [6.45, 7) is 4.48. The van der Waals surface area contributed by atoms with Crippen LogP contribution in [0.4, 0.5) is 0 Å². The number of fused-ring (bicyclic) bond motifs is 4. The number of aryl methyl sites for hydroxylation is 1. The summed E-state index contributed by atoms with van der Waals surface area (Å²) in [4.78, 5) is 45.2. The van der Waals surface area contributed by atoms with Crippen molar-refractivity contribution in [2.24, 2.45) is 11.8 Å². The summed E-state index contributed by atoms with van der Waals surface area (Å²) in [7, 11) is 0. The van der Waals surface area contributed by atoms with E-state index in [1.54, 1.807) is 6.92 Å². The molecule has 4 aliphatic rings. The molecule has 0 spiro atoms. The zero-order valence-electron chi connectivity index (χ0n) is 17.5. The largest absolute Gasteiger partial charge is 0.342 e. The molecule has 0 saturated carbocycles. The van der Waals surface area contributed by atoms with E-state index in [0.29, 0.717) is 30.9 Å². The highest BCUT2D eigenvalue weighted by molar-refractivity contribution is 5.89. The molecule has 5 heterocycles. The summed E-state index contributed by atoms with van der Waals surface area (Å²) in [5, 5.41) is 7.61. The number of carbonyl (C=O) groups excluding carboxylic acids is 3. The molecule has 4 saturated heterocycles. The van der Waals surface area contributed by atoms with Gasteiger partial charge in [-0.1, -0.05) is 10.3 Å². The van der Waals surface area contributed by atoms with E-state index in [-0.39, 0.29) is 42.0 Å². The molecule has 4 atom stereocenters. The van der Waals surface area contributed by atoms with Gasteiger partial charge in [-0.15, -0.1) is 0 Å². The SMILES string of the molecule is Cc1nonc1CC(=O)N1C[C@@H]2C[C@H](C1)[C@H](C(=O)N1CCCC1)N1C(=O)CCC[C@@H]21. The van der Waals surface area contributed by atoms with Gasteiger partial charge in [-0.25, -0.2) is 4.63 Å². The first-order valence-corrected chi connectivity index (χ1v) is 11.2. The van der Waals surface area contributed by atoms with Crippen LogP contribution in [0.3, 0.4) is 0 Å². The van der Waals surface area contributed by atoms with Crippen LogP contribution in [-0.4, -0.2) is 81.0 Å². The molecule has 5 rings (SSSR count). The molecule has 0 aliphatic carbocycles. The molecule has 0 unspecified atom stereocenters. The quantitative estimate of drug-likeness (QED) is 0.723. The summed E-state index contributed by atoms with van der Waals surface area (Å²) in [5.41, 5.74) is 1.20. The Kier molecular flexibility index (Phi) is 4.99. The Morgan fingerprint density at radius 3 is 2.57 bits per heavy atom. The first-order valence-electron chi connectivity index (χ1n) is 11.2. The third kappa shape index (κ3) is 3.28. The number of aromatic nitrogens is 2. The number of rotatable bonds is 3. The lowest BCUT2D eigenvalue weighted by atomic mass is 9.71. The van der Waals surface area contributed by atoms with Crippen LogP contribution in [0.2, 0.25) is 0 Å². The van der Waals surface area contributed by atoms with Crippen molar-refractivity contribution in [2.75, 3.05) is 26.2 Å². The van der Waals surface area contributed by atoms with Crippen LogP contribution >= 0.6 is 0 Å². The molecule has 0 radical (unpaired) electrons. The molecule has 1 aromatic rings. The number of likely N-dealkylation sites (tertiary alicyclic amines) is 2. The fourth-order valence-electron chi connectivity index (χ4n) is 5.97. The number of piperidine rings is 3. The second-order valence-electron chi connectivity index (χ2n) is 9.27. The third-order valence-electron chi connectivity index (χ3n) is 7.43. The van der Waals surface area contributed by atoms with E-state index in [2.05, 4.69) is 10.3 Å². The van der Waals surface area contributed by atoms with Crippen LogP contribution in [0.15, 0.2) is 4.63 Å². The van der Waals surface area contributed by atoms with Crippen molar-refractivity contribution in [3.05, 3.63) is 11.4 Å². The van der Waals surface area contributed by atoms with Gasteiger partial charge < -0.3 is 14.7 Å². The van der Waals surface area contributed by atoms with E-state index in [9.17, 15) is 14.4 Å². The Hall–Kier alpha value is -2.45. The molecule has 2 bridgehead atoms. The standard InChI is InChI=1S/C21H29N5O4/c1-13-16(23-30-22-13)10-19(28)25-11-14-9-15(12-25)20(21(29)24-7-2-3-8-24)26-17(14)5-4-6-18(26)27/h14-15,17,20H,2-12H2,1H3/t14-,15+,17-,20+/m0/s1. The van der Waals surface area contributed by atoms with Crippen LogP contribution in [-0.2, 0) is 20.8 Å². The van der Waals surface area contributed by atoms with Crippen molar-refractivity contribution in [1.29, 1.82) is 0 Å². The molecular formula is C21H29N5O4. The number of hydrogen-bond donors (Lipinski definition) is 0. The maximum Gasteiger partial charge on any atom is 0.245 e. The highest BCUT2D eigenvalue weighted by Crippen LogP contribution is 2.42. The molecule has 30 heavy (non-hydrogen) atoms. The highest BCUT2D eigenvalue weighted by Gasteiger charge is 2.53. The van der Waals surface area contributed by atoms with Gasteiger partial charge in [0.2, 0.25) is 17.7 Å². The van der Waals surface area contributed by atoms with Crippen LogP contribution in [0.25, 0.3) is 0 Å². The zero-order valence-corrected chi connectivity index (χ0v) is 17.5. The number of amides is 3. The van der Waals surface area contributed by atoms with E-state index in [4.69, 9.17) is 4.63 Å². The lowest BCUT2D eigenvalue weighted by molar-refractivity contribution is -0.166. The minimum atomic E-state index is -0.428. The zero-order chi connectivity index (χ0) is 20.8. The van der Waals surface area contributed by atoms with Crippen molar-refractivity contribution in [3.63, 3.8) is 0 Å². The predicted octanol–water partition coefficient (Wildman–Crippen LogP) is 0.771. The molecular weight excluding hydrogens is 386 g/mol. The molecule has 0 N–H and O–H groups in total. The second kappa shape index (κ2) is 7.67. The monoisotopic (exact) mass is 415 g/mol. The maximum atomic E-state index is 13.5. The van der Waals surface area contributed by atoms with E-state index in [0.717, 1.165) is 45.2 Å². The van der Waals surface area contributed by atoms with Crippen LogP contribution < -0.4 is 0 Å². The summed E-state index contributed by atoms with van der Waals surface area (Å²) < 4.78 is 4.73. The maximum absolute atomic E-state index is 13.5. The van der Waals surface area contributed by atoms with E-state index in [1.807, 2.05) is 14.7 Å². The Morgan fingerprint density at radius 2 is 1.83 bits per heavy atom. The first kappa shape index (κ1) is 19.5. The molecule has 9 nitrogen and oxygen atoms in total. The average Bonchev–Trinajstić information content (AvgIpc) is 3.41. The third-order valence-corrected chi connectivity index (χ3v) is 7.43. The van der Waals surface area contributed by atoms with Crippen LogP contribution in [0, 0.1) is 18.8 Å². The molecule has 0 aromatic carbocycles. The Balaban J connectivity index is 1.40. The summed E-state index contributed by atoms with van der Waals surface area (Å²) in [6, 6.07) is -0.367. The van der Waals surface area contributed by atoms with Crippen molar-refractivity contribution >= 4 is 17.7 Å².